The minimum atomic E-state index is -0.387. The summed E-state index contributed by atoms with van der Waals surface area (Å²) in [5.41, 5.74) is 11.7. The topological polar surface area (TPSA) is 272 Å². The highest BCUT2D eigenvalue weighted by Crippen LogP contribution is 2.34. The molecule has 0 spiro atoms. The summed E-state index contributed by atoms with van der Waals surface area (Å²) in [6.45, 7) is 4.43. The lowest BCUT2D eigenvalue weighted by Crippen LogP contribution is -2.13. The van der Waals surface area contributed by atoms with Gasteiger partial charge in [-0.2, -0.15) is 0 Å². The third-order valence-electron chi connectivity index (χ3n) is 18.1. The van der Waals surface area contributed by atoms with E-state index in [4.69, 9.17) is 27.9 Å². The van der Waals surface area contributed by atoms with E-state index in [2.05, 4.69) is 72.4 Å². The normalized spacial score (nSPS) is 10.8. The molecule has 0 aliphatic heterocycles. The predicted octanol–water partition coefficient (Wildman–Crippen LogP) is 19.8. The average Bonchev–Trinajstić information content (AvgIpc) is 1.63. The van der Waals surface area contributed by atoms with Crippen LogP contribution in [0.4, 0.5) is 32.8 Å². The summed E-state index contributed by atoms with van der Waals surface area (Å²) in [5, 5.41) is 21.7. The number of hydrogen-bond donors (Lipinski definition) is 6. The van der Waals surface area contributed by atoms with Crippen LogP contribution in [0.25, 0.3) is 65.8 Å². The van der Waals surface area contributed by atoms with Gasteiger partial charge in [-0.05, 0) is 134 Å². The molecule has 574 valence electrons. The SMILES string of the molecule is COC(=O)Cn1cc(C(=O)Nc2nc(-c3ccccc3Cl)cs2)c2ccccc21.Cc1cc(C)nc(NC(=O)c2cn(Cc3ccc(F)cc3)c3ccc(Br)cc23)c1.Cn1c(Cl)c(C(=O)Nc2ccccn2)c2ccccc21.Cn1cc(C(=O)Nc2ccccn2)c2ccccc21.O=C(Nc1ccccn1)c1c[nH]c2ccccc12. The van der Waals surface area contributed by atoms with E-state index in [1.165, 1.54) is 30.6 Å². The van der Waals surface area contributed by atoms with Crippen LogP contribution in [-0.4, -0.2) is 90.8 Å². The highest BCUT2D eigenvalue weighted by atomic mass is 79.9. The van der Waals surface area contributed by atoms with Gasteiger partial charge < -0.3 is 49.3 Å². The van der Waals surface area contributed by atoms with Crippen molar-refractivity contribution in [3.8, 4) is 11.3 Å². The van der Waals surface area contributed by atoms with E-state index in [0.29, 0.717) is 78.6 Å². The van der Waals surface area contributed by atoms with Crippen LogP contribution in [-0.2, 0) is 36.7 Å². The number of aromatic nitrogens is 10. The molecule has 0 bridgehead atoms. The maximum atomic E-state index is 13.2. The molecule has 0 unspecified atom stereocenters. The number of hydrogen-bond acceptors (Lipinski definition) is 13. The summed E-state index contributed by atoms with van der Waals surface area (Å²) in [7, 11) is 5.10. The molecule has 0 saturated carbocycles. The predicted molar refractivity (Wildman–Crippen MR) is 457 cm³/mol. The summed E-state index contributed by atoms with van der Waals surface area (Å²) >= 11 is 17.3. The van der Waals surface area contributed by atoms with Crippen LogP contribution in [0.2, 0.25) is 10.2 Å². The molecule has 6 N–H and O–H groups in total. The van der Waals surface area contributed by atoms with Gasteiger partial charge in [0.05, 0.1) is 40.6 Å². The number of pyridine rings is 4. The van der Waals surface area contributed by atoms with E-state index in [0.717, 1.165) is 81.4 Å². The second-order valence-corrected chi connectivity index (χ2v) is 28.5. The van der Waals surface area contributed by atoms with E-state index < -0.39 is 0 Å². The number of H-pyrrole nitrogens is 1. The first-order valence-corrected chi connectivity index (χ1v) is 38.1. The summed E-state index contributed by atoms with van der Waals surface area (Å²) in [6.07, 6.45) is 12.0. The number of esters is 1. The molecule has 10 aromatic heterocycles. The van der Waals surface area contributed by atoms with Gasteiger partial charge in [0, 0.05) is 145 Å². The molecule has 27 heteroatoms. The Morgan fingerprint density at radius 2 is 1.03 bits per heavy atom. The molecule has 0 atom stereocenters. The number of rotatable bonds is 15. The van der Waals surface area contributed by atoms with Gasteiger partial charge in [-0.3, -0.25) is 34.1 Å². The number of thiazole rings is 1. The molecule has 10 heterocycles. The van der Waals surface area contributed by atoms with E-state index in [1.807, 2.05) is 225 Å². The lowest BCUT2D eigenvalue weighted by atomic mass is 10.1. The van der Waals surface area contributed by atoms with Gasteiger partial charge >= 0.3 is 5.97 Å². The second kappa shape index (κ2) is 36.6. The van der Waals surface area contributed by atoms with Crippen molar-refractivity contribution >= 4 is 169 Å². The molecule has 0 saturated heterocycles. The zero-order valence-electron chi connectivity index (χ0n) is 62.3. The minimum absolute atomic E-state index is 0.0260. The Bertz CT molecular complexity index is 6390. The van der Waals surface area contributed by atoms with Crippen molar-refractivity contribution in [2.24, 2.45) is 14.1 Å². The molecule has 22 nitrogen and oxygen atoms in total. The number of aromatic amines is 1. The fourth-order valence-electron chi connectivity index (χ4n) is 12.7. The quantitative estimate of drug-likeness (QED) is 0.0523. The number of amides is 5. The zero-order valence-corrected chi connectivity index (χ0v) is 66.2. The Labute approximate surface area is 680 Å². The summed E-state index contributed by atoms with van der Waals surface area (Å²) in [5.74, 6) is 0.398. The molecule has 17 rings (SSSR count). The monoisotopic (exact) mass is 1650 g/mol. The highest BCUT2D eigenvalue weighted by Gasteiger charge is 2.23. The number of para-hydroxylation sites is 4. The molecule has 5 amide bonds. The van der Waals surface area contributed by atoms with Crippen LogP contribution < -0.4 is 26.6 Å². The number of carbonyl (C=O) groups is 6. The maximum absolute atomic E-state index is 13.2. The van der Waals surface area contributed by atoms with Gasteiger partial charge in [-0.1, -0.05) is 160 Å². The Hall–Kier alpha value is -13.7. The van der Waals surface area contributed by atoms with E-state index in [9.17, 15) is 33.2 Å². The van der Waals surface area contributed by atoms with Gasteiger partial charge in [-0.15, -0.1) is 11.3 Å². The van der Waals surface area contributed by atoms with Crippen molar-refractivity contribution in [1.82, 2.24) is 48.2 Å². The lowest BCUT2D eigenvalue weighted by Gasteiger charge is -2.06. The Morgan fingerprint density at radius 3 is 1.66 bits per heavy atom. The smallest absolute Gasteiger partial charge is 0.325 e. The van der Waals surface area contributed by atoms with Crippen LogP contribution in [0.15, 0.2) is 284 Å². The van der Waals surface area contributed by atoms with Crippen molar-refractivity contribution in [3.63, 3.8) is 0 Å². The fourth-order valence-corrected chi connectivity index (χ4v) is 14.3. The zero-order chi connectivity index (χ0) is 80.7. The average molecular weight is 1650 g/mol. The summed E-state index contributed by atoms with van der Waals surface area (Å²) in [4.78, 5) is 98.6. The number of aryl methyl sites for hydroxylation is 4. The molecule has 0 aliphatic rings. The first kappa shape index (κ1) is 79.4. The number of nitrogens with zero attached hydrogens (tertiary/aromatic N) is 9. The minimum Gasteiger partial charge on any atom is -0.468 e. The molecule has 0 radical (unpaired) electrons. The first-order chi connectivity index (χ1) is 55.7. The van der Waals surface area contributed by atoms with E-state index in [-0.39, 0.29) is 47.9 Å². The number of halogens is 4. The number of nitrogens with one attached hydrogen (secondary N) is 6. The van der Waals surface area contributed by atoms with Crippen LogP contribution in [0, 0.1) is 19.7 Å². The Kier molecular flexibility index (Phi) is 25.3. The van der Waals surface area contributed by atoms with Crippen molar-refractivity contribution in [2.75, 3.05) is 33.7 Å². The van der Waals surface area contributed by atoms with E-state index >= 15 is 0 Å². The largest absolute Gasteiger partial charge is 0.468 e. The van der Waals surface area contributed by atoms with Crippen molar-refractivity contribution in [3.05, 3.63) is 344 Å². The van der Waals surface area contributed by atoms with Gasteiger partial charge in [-0.25, -0.2) is 29.3 Å². The fraction of sp³-hybridized carbons (Fsp3) is 0.0795. The van der Waals surface area contributed by atoms with Crippen LogP contribution in [0.5, 0.6) is 0 Å². The number of carbonyl (C=O) groups excluding carboxylic acids is 6. The number of methoxy groups -OCH3 is 1. The van der Waals surface area contributed by atoms with Gasteiger partial charge in [0.2, 0.25) is 0 Å². The van der Waals surface area contributed by atoms with Gasteiger partial charge in [0.15, 0.2) is 5.13 Å². The third-order valence-corrected chi connectivity index (χ3v) is 20.1. The number of anilines is 5. The number of fused-ring (bicyclic) bond motifs is 5. The van der Waals surface area contributed by atoms with E-state index in [1.54, 1.807) is 88.6 Å². The standard InChI is InChI=1S/C23H19BrFN3O.C21H16ClN3O3S.C15H12ClN3O.C15H13N3O.C14H11N3O/c1-14-9-15(2)26-22(10-14)27-23(29)20-13-28(12-16-3-6-18(25)7-4-16)21-8-5-17(24)11-19(20)21;1-28-19(26)11-25-10-15(13-6-3-5-9-18(13)25)20(27)24-21-23-17(12-29-21)14-7-2-4-8-16(14)22;1-19-11-7-3-2-6-10(11)13(14(19)16)15(20)18-12-8-4-5-9-17-12;1-18-10-12(11-6-2-3-7-13(11)18)15(19)17-14-8-4-5-9-16-14;18-14(17-13-7-3-4-8-15-13)11-9-16-12-6-2-1-5-10(11)12/h3-11,13H,12H2,1-2H3,(H,26,27,29);2-10,12H,11H2,1H3,(H,23,24,27);2-9H,1H3,(H,17,18,20);2-10H,1H3,(H,16,17,19);1-9,16H,(H,15,17,18). The first-order valence-electron chi connectivity index (χ1n) is 35.7. The molecule has 17 aromatic rings. The van der Waals surface area contributed by atoms with Crippen molar-refractivity contribution in [1.29, 1.82) is 0 Å². The van der Waals surface area contributed by atoms with Crippen LogP contribution in [0.3, 0.4) is 0 Å². The Morgan fingerprint density at radius 1 is 0.504 bits per heavy atom. The van der Waals surface area contributed by atoms with Crippen molar-refractivity contribution < 1.29 is 37.9 Å². The number of ether oxygens (including phenoxy) is 1. The molecule has 7 aromatic carbocycles. The van der Waals surface area contributed by atoms with Crippen LogP contribution >= 0.6 is 50.5 Å². The molecular formula is C88H71BrCl2FN15O7S. The second-order valence-electron chi connectivity index (χ2n) is 26.0. The van der Waals surface area contributed by atoms with Gasteiger partial charge in [0.1, 0.15) is 40.8 Å². The van der Waals surface area contributed by atoms with Crippen molar-refractivity contribution in [2.45, 2.75) is 26.9 Å². The Balaban J connectivity index is 0.000000127. The summed E-state index contributed by atoms with van der Waals surface area (Å²) < 4.78 is 26.3. The maximum Gasteiger partial charge on any atom is 0.325 e. The summed E-state index contributed by atoms with van der Waals surface area (Å²) in [6, 6.07) is 70.1. The third kappa shape index (κ3) is 19.3. The lowest BCUT2D eigenvalue weighted by molar-refractivity contribution is -0.141. The van der Waals surface area contributed by atoms with Gasteiger partial charge in [0.25, 0.3) is 29.5 Å². The molecule has 115 heavy (non-hydrogen) atoms. The molecular weight excluding hydrogens is 1580 g/mol. The molecule has 0 aliphatic carbocycles. The highest BCUT2D eigenvalue weighted by molar-refractivity contribution is 9.10. The number of benzene rings is 7. The molecule has 0 fully saturated rings. The van der Waals surface area contributed by atoms with Crippen LogP contribution in [0.1, 0.15) is 68.6 Å².